The van der Waals surface area contributed by atoms with Crippen molar-refractivity contribution >= 4 is 22.6 Å². The highest BCUT2D eigenvalue weighted by Crippen LogP contribution is 2.31. The molecule has 1 aromatic carbocycles. The molecule has 2 aromatic rings. The van der Waals surface area contributed by atoms with Gasteiger partial charge in [0.15, 0.2) is 11.6 Å². The summed E-state index contributed by atoms with van der Waals surface area (Å²) in [6, 6.07) is 2.92. The minimum absolute atomic E-state index is 0.145. The number of carbonyl (C=O) groups is 1. The van der Waals surface area contributed by atoms with Crippen LogP contribution in [0.5, 0.6) is 5.75 Å². The molecule has 2 N–H and O–H groups in total. The number of amides is 1. The summed E-state index contributed by atoms with van der Waals surface area (Å²) in [5, 5.41) is 0.700. The summed E-state index contributed by atoms with van der Waals surface area (Å²) < 4.78 is 18.8. The summed E-state index contributed by atoms with van der Waals surface area (Å²) >= 11 is 0. The van der Waals surface area contributed by atoms with Gasteiger partial charge in [0.2, 0.25) is 5.91 Å². The summed E-state index contributed by atoms with van der Waals surface area (Å²) in [7, 11) is 1.41. The second-order valence-corrected chi connectivity index (χ2v) is 5.39. The van der Waals surface area contributed by atoms with Crippen LogP contribution in [-0.2, 0) is 4.79 Å². The van der Waals surface area contributed by atoms with Gasteiger partial charge in [0.1, 0.15) is 12.1 Å². The Balaban J connectivity index is 2.04. The lowest BCUT2D eigenvalue weighted by molar-refractivity contribution is -0.122. The van der Waals surface area contributed by atoms with Crippen LogP contribution in [0, 0.1) is 11.7 Å². The van der Waals surface area contributed by atoms with Crippen molar-refractivity contribution in [3.05, 3.63) is 24.3 Å². The first-order valence-electron chi connectivity index (χ1n) is 7.12. The molecule has 2 heterocycles. The van der Waals surface area contributed by atoms with Crippen LogP contribution in [0.1, 0.15) is 12.8 Å². The van der Waals surface area contributed by atoms with Crippen LogP contribution in [0.3, 0.4) is 0 Å². The maximum absolute atomic E-state index is 13.8. The van der Waals surface area contributed by atoms with Gasteiger partial charge >= 0.3 is 0 Å². The number of carbonyl (C=O) groups excluding carboxylic acids is 1. The molecule has 7 heteroatoms. The van der Waals surface area contributed by atoms with Gasteiger partial charge in [0.05, 0.1) is 18.5 Å². The molecule has 0 bridgehead atoms. The van der Waals surface area contributed by atoms with Crippen molar-refractivity contribution in [2.24, 2.45) is 11.7 Å². The molecule has 1 saturated heterocycles. The van der Waals surface area contributed by atoms with Crippen molar-refractivity contribution in [1.29, 1.82) is 0 Å². The number of nitrogens with zero attached hydrogens (tertiary/aromatic N) is 3. The van der Waals surface area contributed by atoms with Crippen molar-refractivity contribution in [1.82, 2.24) is 9.97 Å². The van der Waals surface area contributed by atoms with E-state index in [0.717, 1.165) is 19.4 Å². The molecule has 3 rings (SSSR count). The number of methoxy groups -OCH3 is 1. The fourth-order valence-corrected chi connectivity index (χ4v) is 2.85. The summed E-state index contributed by atoms with van der Waals surface area (Å²) in [5.74, 6) is -0.137. The third-order valence-corrected chi connectivity index (χ3v) is 4.01. The lowest BCUT2D eigenvalue weighted by atomic mass is 9.97. The summed E-state index contributed by atoms with van der Waals surface area (Å²) in [6.45, 7) is 1.29. The highest BCUT2D eigenvalue weighted by atomic mass is 19.1. The third kappa shape index (κ3) is 2.54. The predicted molar refractivity (Wildman–Crippen MR) is 80.2 cm³/mol. The van der Waals surface area contributed by atoms with Gasteiger partial charge in [-0.2, -0.15) is 0 Å². The molecule has 0 aliphatic carbocycles. The number of fused-ring (bicyclic) bond motifs is 1. The topological polar surface area (TPSA) is 81.3 Å². The Kier molecular flexibility index (Phi) is 3.79. The largest absolute Gasteiger partial charge is 0.494 e. The zero-order chi connectivity index (χ0) is 15.7. The molecule has 1 unspecified atom stereocenters. The molecule has 22 heavy (non-hydrogen) atoms. The highest BCUT2D eigenvalue weighted by molar-refractivity contribution is 5.91. The molecule has 1 atom stereocenters. The minimum Gasteiger partial charge on any atom is -0.494 e. The number of rotatable bonds is 3. The van der Waals surface area contributed by atoms with E-state index in [1.165, 1.54) is 19.5 Å². The highest BCUT2D eigenvalue weighted by Gasteiger charge is 2.26. The second kappa shape index (κ2) is 5.75. The Morgan fingerprint density at radius 2 is 2.27 bits per heavy atom. The first-order valence-corrected chi connectivity index (χ1v) is 7.12. The molecule has 116 valence electrons. The van der Waals surface area contributed by atoms with Crippen molar-refractivity contribution in [2.45, 2.75) is 12.8 Å². The van der Waals surface area contributed by atoms with Crippen LogP contribution in [0.2, 0.25) is 0 Å². The Labute approximate surface area is 127 Å². The number of piperidine rings is 1. The fourth-order valence-electron chi connectivity index (χ4n) is 2.85. The molecule has 1 aliphatic rings. The smallest absolute Gasteiger partial charge is 0.222 e. The van der Waals surface area contributed by atoms with Gasteiger partial charge in [-0.3, -0.25) is 4.79 Å². The first kappa shape index (κ1) is 14.5. The number of hydrogen-bond donors (Lipinski definition) is 1. The van der Waals surface area contributed by atoms with Crippen LogP contribution in [0.4, 0.5) is 10.2 Å². The van der Waals surface area contributed by atoms with Gasteiger partial charge in [0, 0.05) is 24.5 Å². The molecule has 1 amide bonds. The van der Waals surface area contributed by atoms with Gasteiger partial charge in [-0.1, -0.05) is 0 Å². The number of aromatic nitrogens is 2. The van der Waals surface area contributed by atoms with E-state index >= 15 is 0 Å². The molecule has 1 aromatic heterocycles. The van der Waals surface area contributed by atoms with E-state index in [1.807, 2.05) is 4.90 Å². The van der Waals surface area contributed by atoms with Crippen LogP contribution in [-0.4, -0.2) is 36.1 Å². The quantitative estimate of drug-likeness (QED) is 0.929. The van der Waals surface area contributed by atoms with Crippen molar-refractivity contribution in [2.75, 3.05) is 25.1 Å². The Morgan fingerprint density at radius 1 is 1.45 bits per heavy atom. The summed E-state index contributed by atoms with van der Waals surface area (Å²) in [6.07, 6.45) is 3.04. The molecule has 0 radical (unpaired) electrons. The average Bonchev–Trinajstić information content (AvgIpc) is 2.53. The lowest BCUT2D eigenvalue weighted by Crippen LogP contribution is -2.41. The summed E-state index contributed by atoms with van der Waals surface area (Å²) in [4.78, 5) is 21.8. The Hall–Kier alpha value is -2.44. The number of benzene rings is 1. The molecule has 6 nitrogen and oxygen atoms in total. The molecule has 0 spiro atoms. The Bertz CT molecular complexity index is 722. The zero-order valence-electron chi connectivity index (χ0n) is 12.3. The van der Waals surface area contributed by atoms with Gasteiger partial charge in [-0.15, -0.1) is 0 Å². The van der Waals surface area contributed by atoms with Crippen molar-refractivity contribution in [3.8, 4) is 5.75 Å². The minimum atomic E-state index is -0.465. The molecular formula is C15H17FN4O2. The predicted octanol–water partition coefficient (Wildman–Crippen LogP) is 1.48. The van der Waals surface area contributed by atoms with E-state index in [4.69, 9.17) is 10.5 Å². The second-order valence-electron chi connectivity index (χ2n) is 5.39. The number of nitrogens with two attached hydrogens (primary N) is 1. The van der Waals surface area contributed by atoms with Crippen LogP contribution < -0.4 is 15.4 Å². The monoisotopic (exact) mass is 304 g/mol. The molecule has 1 aliphatic heterocycles. The van der Waals surface area contributed by atoms with E-state index in [9.17, 15) is 9.18 Å². The molecule has 1 fully saturated rings. The van der Waals surface area contributed by atoms with Gasteiger partial charge in [-0.25, -0.2) is 14.4 Å². The number of ether oxygens (including phenoxy) is 1. The maximum Gasteiger partial charge on any atom is 0.222 e. The zero-order valence-corrected chi connectivity index (χ0v) is 12.3. The number of anilines is 1. The molecule has 0 saturated carbocycles. The van der Waals surface area contributed by atoms with Gasteiger partial charge in [0.25, 0.3) is 0 Å². The van der Waals surface area contributed by atoms with Crippen molar-refractivity contribution in [3.63, 3.8) is 0 Å². The van der Waals surface area contributed by atoms with Crippen LogP contribution in [0.15, 0.2) is 18.5 Å². The van der Waals surface area contributed by atoms with E-state index < -0.39 is 5.82 Å². The number of primary amides is 1. The number of halogens is 1. The Morgan fingerprint density at radius 3 is 3.00 bits per heavy atom. The van der Waals surface area contributed by atoms with Gasteiger partial charge < -0.3 is 15.4 Å². The lowest BCUT2D eigenvalue weighted by Gasteiger charge is -2.32. The standard InChI is InChI=1S/C15H17FN4O2/c1-22-13-5-10-12(6-11(13)16)18-8-19-15(10)20-4-2-3-9(7-20)14(17)21/h5-6,8-9H,2-4,7H2,1H3,(H2,17,21). The van der Waals surface area contributed by atoms with E-state index in [-0.39, 0.29) is 17.6 Å². The number of hydrogen-bond acceptors (Lipinski definition) is 5. The normalized spacial score (nSPS) is 18.5. The maximum atomic E-state index is 13.8. The SMILES string of the molecule is COc1cc2c(N3CCCC(C(N)=O)C3)ncnc2cc1F. The van der Waals surface area contributed by atoms with E-state index in [2.05, 4.69) is 9.97 Å². The van der Waals surface area contributed by atoms with Crippen LogP contribution >= 0.6 is 0 Å². The fraction of sp³-hybridized carbons (Fsp3) is 0.400. The summed E-state index contributed by atoms with van der Waals surface area (Å²) in [5.41, 5.74) is 5.92. The van der Waals surface area contributed by atoms with Crippen molar-refractivity contribution < 1.29 is 13.9 Å². The molecular weight excluding hydrogens is 287 g/mol. The van der Waals surface area contributed by atoms with Gasteiger partial charge in [-0.05, 0) is 18.9 Å². The van der Waals surface area contributed by atoms with Crippen LogP contribution in [0.25, 0.3) is 10.9 Å². The van der Waals surface area contributed by atoms with E-state index in [1.54, 1.807) is 6.07 Å². The average molecular weight is 304 g/mol. The third-order valence-electron chi connectivity index (χ3n) is 4.01. The first-order chi connectivity index (χ1) is 10.6. The van der Waals surface area contributed by atoms with E-state index in [0.29, 0.717) is 23.3 Å².